The molecule has 0 saturated carbocycles. The van der Waals surface area contributed by atoms with E-state index in [2.05, 4.69) is 15.2 Å². The van der Waals surface area contributed by atoms with Crippen molar-refractivity contribution in [2.45, 2.75) is 17.1 Å². The summed E-state index contributed by atoms with van der Waals surface area (Å²) in [5.41, 5.74) is -1.05. The Morgan fingerprint density at radius 1 is 1.27 bits per heavy atom. The first-order valence-corrected chi connectivity index (χ1v) is 9.59. The number of carbonyl (C=O) groups is 1. The van der Waals surface area contributed by atoms with Crippen LogP contribution < -0.4 is 4.90 Å². The average molecular weight is 450 g/mol. The number of rotatable bonds is 5. The first-order valence-electron chi connectivity index (χ1n) is 8.15. The Bertz CT molecular complexity index is 1070. The Labute approximate surface area is 166 Å². The number of anilines is 1. The van der Waals surface area contributed by atoms with Crippen molar-refractivity contribution in [2.75, 3.05) is 24.5 Å². The summed E-state index contributed by atoms with van der Waals surface area (Å²) in [6.45, 7) is -0.883. The van der Waals surface area contributed by atoms with Crippen LogP contribution in [0.1, 0.15) is 5.56 Å². The van der Waals surface area contributed by atoms with E-state index in [1.807, 2.05) is 0 Å². The highest BCUT2D eigenvalue weighted by Gasteiger charge is 2.42. The molecule has 30 heavy (non-hydrogen) atoms. The summed E-state index contributed by atoms with van der Waals surface area (Å²) < 4.78 is 64.4. The predicted molar refractivity (Wildman–Crippen MR) is 92.0 cm³/mol. The number of nitrogens with zero attached hydrogens (tertiary/aromatic N) is 5. The highest BCUT2D eigenvalue weighted by atomic mass is 32.2. The number of nitrogens with one attached hydrogen (secondary N) is 1. The lowest BCUT2D eigenvalue weighted by Crippen LogP contribution is -2.58. The van der Waals surface area contributed by atoms with Crippen LogP contribution in [-0.2, 0) is 21.0 Å². The van der Waals surface area contributed by atoms with Crippen LogP contribution in [-0.4, -0.2) is 69.6 Å². The van der Waals surface area contributed by atoms with Crippen molar-refractivity contribution < 1.29 is 36.4 Å². The van der Waals surface area contributed by atoms with Crippen LogP contribution >= 0.6 is 0 Å². The van der Waals surface area contributed by atoms with Crippen LogP contribution in [0.3, 0.4) is 0 Å². The molecule has 0 aliphatic carbocycles. The van der Waals surface area contributed by atoms with Crippen molar-refractivity contribution in [1.82, 2.24) is 19.5 Å². The van der Waals surface area contributed by atoms with Gasteiger partial charge in [0.05, 0.1) is 10.5 Å². The summed E-state index contributed by atoms with van der Waals surface area (Å²) in [6.07, 6.45) is -4.66. The van der Waals surface area contributed by atoms with Gasteiger partial charge in [0.2, 0.25) is 10.0 Å². The summed E-state index contributed by atoms with van der Waals surface area (Å²) in [4.78, 5) is 25.9. The van der Waals surface area contributed by atoms with Gasteiger partial charge in [0.15, 0.2) is 0 Å². The number of carboxylic acids is 1. The van der Waals surface area contributed by atoms with Crippen molar-refractivity contribution in [2.24, 2.45) is 0 Å². The number of alkyl halides is 3. The zero-order valence-corrected chi connectivity index (χ0v) is 15.6. The van der Waals surface area contributed by atoms with Gasteiger partial charge in [-0.2, -0.15) is 17.5 Å². The molecule has 0 unspecified atom stereocenters. The molecule has 1 atom stereocenters. The Morgan fingerprint density at radius 3 is 2.40 bits per heavy atom. The second-order valence-corrected chi connectivity index (χ2v) is 8.04. The van der Waals surface area contributed by atoms with Gasteiger partial charge in [0, 0.05) is 19.6 Å². The van der Waals surface area contributed by atoms with Crippen molar-refractivity contribution in [3.63, 3.8) is 0 Å². The molecule has 2 N–H and O–H groups in total. The van der Waals surface area contributed by atoms with Gasteiger partial charge in [0.25, 0.3) is 0 Å². The first-order chi connectivity index (χ1) is 13.9. The standard InChI is InChI=1S/C14H13F3N6O6S/c15-14(16,17)8-1-3-9(4-2-8)30(28,29)22-6-5-21(7-10(22)11(24)25)12-18-13(20-19-12)23(26)27/h1-4,10H,5-7H2,(H,24,25)(H,18,19,20)/t10-/m1/s1. The molecule has 0 amide bonds. The van der Waals surface area contributed by atoms with Crippen LogP contribution in [0, 0.1) is 10.1 Å². The topological polar surface area (TPSA) is 163 Å². The normalized spacial score (nSPS) is 18.4. The number of nitro groups is 1. The lowest BCUT2D eigenvalue weighted by Gasteiger charge is -2.37. The van der Waals surface area contributed by atoms with E-state index < -0.39 is 56.1 Å². The number of hydrogen-bond acceptors (Lipinski definition) is 8. The van der Waals surface area contributed by atoms with Gasteiger partial charge in [-0.3, -0.25) is 4.79 Å². The van der Waals surface area contributed by atoms with E-state index >= 15 is 0 Å². The minimum absolute atomic E-state index is 0.0986. The summed E-state index contributed by atoms with van der Waals surface area (Å²) >= 11 is 0. The average Bonchev–Trinajstić information content (AvgIpc) is 3.17. The third-order valence-corrected chi connectivity index (χ3v) is 6.24. The van der Waals surface area contributed by atoms with Crippen molar-refractivity contribution >= 4 is 27.9 Å². The van der Waals surface area contributed by atoms with E-state index in [9.17, 15) is 41.6 Å². The molecule has 0 bridgehead atoms. The maximum Gasteiger partial charge on any atom is 0.455 e. The fourth-order valence-corrected chi connectivity index (χ4v) is 4.42. The van der Waals surface area contributed by atoms with Gasteiger partial charge in [-0.25, -0.2) is 8.42 Å². The lowest BCUT2D eigenvalue weighted by molar-refractivity contribution is -0.394. The molecule has 12 nitrogen and oxygen atoms in total. The van der Waals surface area contributed by atoms with Crippen LogP contribution in [0.4, 0.5) is 25.1 Å². The molecule has 1 fully saturated rings. The van der Waals surface area contributed by atoms with Crippen molar-refractivity contribution in [3.8, 4) is 0 Å². The van der Waals surface area contributed by atoms with E-state index in [0.717, 1.165) is 12.1 Å². The molecule has 1 aromatic heterocycles. The van der Waals surface area contributed by atoms with Gasteiger partial charge in [0.1, 0.15) is 6.04 Å². The number of benzene rings is 1. The Hall–Kier alpha value is -3.27. The van der Waals surface area contributed by atoms with Crippen LogP contribution in [0.15, 0.2) is 29.2 Å². The fraction of sp³-hybridized carbons (Fsp3) is 0.357. The van der Waals surface area contributed by atoms with Crippen molar-refractivity contribution in [1.29, 1.82) is 0 Å². The predicted octanol–water partition coefficient (Wildman–Crippen LogP) is 0.696. The van der Waals surface area contributed by atoms with E-state index in [-0.39, 0.29) is 19.0 Å². The summed E-state index contributed by atoms with van der Waals surface area (Å²) in [7, 11) is -4.43. The molecular formula is C14H13F3N6O6S. The van der Waals surface area contributed by atoms with Crippen LogP contribution in [0.5, 0.6) is 0 Å². The molecule has 1 saturated heterocycles. The minimum atomic E-state index is -4.66. The van der Waals surface area contributed by atoms with Crippen molar-refractivity contribution in [3.05, 3.63) is 39.9 Å². The van der Waals surface area contributed by atoms with E-state index in [0.29, 0.717) is 16.4 Å². The van der Waals surface area contributed by atoms with Gasteiger partial charge < -0.3 is 20.1 Å². The Kier molecular flexibility index (Phi) is 5.38. The fourth-order valence-electron chi connectivity index (χ4n) is 2.86. The highest BCUT2D eigenvalue weighted by molar-refractivity contribution is 7.89. The number of piperazine rings is 1. The molecule has 2 aromatic rings. The molecular weight excluding hydrogens is 437 g/mol. The molecule has 1 aliphatic heterocycles. The number of aliphatic carboxylic acids is 1. The largest absolute Gasteiger partial charge is 0.480 e. The third kappa shape index (κ3) is 4.04. The molecule has 2 heterocycles. The van der Waals surface area contributed by atoms with Gasteiger partial charge in [-0.1, -0.05) is 5.10 Å². The van der Waals surface area contributed by atoms with Gasteiger partial charge in [-0.05, 0) is 34.2 Å². The quantitative estimate of drug-likeness (QED) is 0.493. The molecule has 0 radical (unpaired) electrons. The third-order valence-electron chi connectivity index (χ3n) is 4.32. The van der Waals surface area contributed by atoms with E-state index in [1.54, 1.807) is 0 Å². The molecule has 16 heteroatoms. The second kappa shape index (κ2) is 7.52. The monoisotopic (exact) mass is 450 g/mol. The number of aromatic amines is 1. The summed E-state index contributed by atoms with van der Waals surface area (Å²) in [6, 6.07) is 1.06. The molecule has 1 aliphatic rings. The zero-order chi connectivity index (χ0) is 22.3. The van der Waals surface area contributed by atoms with E-state index in [1.165, 1.54) is 4.90 Å². The minimum Gasteiger partial charge on any atom is -0.480 e. The number of H-pyrrole nitrogens is 1. The molecule has 1 aromatic carbocycles. The first kappa shape index (κ1) is 21.4. The SMILES string of the molecule is O=C(O)[C@H]1CN(c2n[nH]c([N+](=O)[O-])n2)CCN1S(=O)(=O)c1ccc(C(F)(F)F)cc1. The smallest absolute Gasteiger partial charge is 0.455 e. The number of hydrogen-bond donors (Lipinski definition) is 2. The number of sulfonamides is 1. The summed E-state index contributed by atoms with van der Waals surface area (Å²) in [5.74, 6) is -2.36. The Balaban J connectivity index is 1.86. The molecule has 3 rings (SSSR count). The Morgan fingerprint density at radius 2 is 1.90 bits per heavy atom. The second-order valence-electron chi connectivity index (χ2n) is 6.15. The molecule has 162 valence electrons. The van der Waals surface area contributed by atoms with Gasteiger partial charge >= 0.3 is 24.0 Å². The van der Waals surface area contributed by atoms with E-state index in [4.69, 9.17) is 0 Å². The van der Waals surface area contributed by atoms with Gasteiger partial charge in [-0.15, -0.1) is 5.10 Å². The number of carboxylic acid groups (broad SMARTS) is 1. The lowest BCUT2D eigenvalue weighted by atomic mass is 10.2. The number of halogens is 3. The van der Waals surface area contributed by atoms with Crippen LogP contribution in [0.2, 0.25) is 0 Å². The van der Waals surface area contributed by atoms with Crippen LogP contribution in [0.25, 0.3) is 0 Å². The molecule has 0 spiro atoms. The highest BCUT2D eigenvalue weighted by Crippen LogP contribution is 2.31. The maximum absolute atomic E-state index is 12.8. The zero-order valence-electron chi connectivity index (χ0n) is 14.8. The maximum atomic E-state index is 12.8. The summed E-state index contributed by atoms with van der Waals surface area (Å²) in [5, 5.41) is 25.9. The number of aromatic nitrogens is 3.